The third-order valence-corrected chi connectivity index (χ3v) is 4.48. The zero-order valence-electron chi connectivity index (χ0n) is 14.5. The average Bonchev–Trinajstić information content (AvgIpc) is 3.23. The first-order valence-electron chi connectivity index (χ1n) is 8.65. The van der Waals surface area contributed by atoms with Crippen molar-refractivity contribution in [3.05, 3.63) is 78.5 Å². The van der Waals surface area contributed by atoms with Gasteiger partial charge < -0.3 is 9.64 Å². The summed E-state index contributed by atoms with van der Waals surface area (Å²) in [5.41, 5.74) is 1.70. The molecule has 4 rings (SSSR count). The van der Waals surface area contributed by atoms with Crippen LogP contribution in [0.25, 0.3) is 5.82 Å². The maximum absolute atomic E-state index is 13.1. The number of benzene rings is 1. The predicted molar refractivity (Wildman–Crippen MR) is 97.0 cm³/mol. The van der Waals surface area contributed by atoms with Crippen LogP contribution in [0.4, 0.5) is 0 Å². The molecule has 1 fully saturated rings. The largest absolute Gasteiger partial charge is 0.367 e. The van der Waals surface area contributed by atoms with Gasteiger partial charge >= 0.3 is 0 Å². The van der Waals surface area contributed by atoms with E-state index >= 15 is 0 Å². The summed E-state index contributed by atoms with van der Waals surface area (Å²) >= 11 is 0. The zero-order valence-corrected chi connectivity index (χ0v) is 14.5. The van der Waals surface area contributed by atoms with E-state index in [9.17, 15) is 4.79 Å². The number of aromatic nitrogens is 3. The predicted octanol–water partition coefficient (Wildman–Crippen LogP) is 2.87. The second-order valence-electron chi connectivity index (χ2n) is 6.43. The third kappa shape index (κ3) is 3.36. The molecular weight excluding hydrogens is 328 g/mol. The summed E-state index contributed by atoms with van der Waals surface area (Å²) in [4.78, 5) is 23.3. The molecule has 3 heterocycles. The van der Waals surface area contributed by atoms with E-state index in [-0.39, 0.29) is 18.1 Å². The fraction of sp³-hybridized carbons (Fsp3) is 0.250. The van der Waals surface area contributed by atoms with Gasteiger partial charge in [0.2, 0.25) is 0 Å². The van der Waals surface area contributed by atoms with Gasteiger partial charge in [0.25, 0.3) is 5.91 Å². The van der Waals surface area contributed by atoms with E-state index in [1.807, 2.05) is 42.2 Å². The molecule has 0 saturated carbocycles. The van der Waals surface area contributed by atoms with Crippen LogP contribution in [-0.2, 0) is 4.74 Å². The maximum Gasteiger partial charge on any atom is 0.254 e. The van der Waals surface area contributed by atoms with E-state index in [2.05, 4.69) is 9.97 Å². The summed E-state index contributed by atoms with van der Waals surface area (Å²) in [6.45, 7) is 3.11. The molecule has 26 heavy (non-hydrogen) atoms. The molecular formula is C20H20N4O2. The van der Waals surface area contributed by atoms with Gasteiger partial charge in [-0.3, -0.25) is 9.36 Å². The Labute approximate surface area is 152 Å². The van der Waals surface area contributed by atoms with E-state index in [1.165, 1.54) is 0 Å². The van der Waals surface area contributed by atoms with Gasteiger partial charge in [-0.25, -0.2) is 9.97 Å². The molecule has 0 N–H and O–H groups in total. The molecule has 0 aliphatic carbocycles. The Kier molecular flexibility index (Phi) is 4.50. The minimum atomic E-state index is -0.112. The fourth-order valence-electron chi connectivity index (χ4n) is 3.24. The SMILES string of the molecule is C[C@@H]1CN(C(=O)c2ccnc(-n3ccnc3)c2)C[C@H](c2ccccc2)O1. The molecule has 0 bridgehead atoms. The van der Waals surface area contributed by atoms with Crippen LogP contribution in [0.3, 0.4) is 0 Å². The van der Waals surface area contributed by atoms with E-state index in [4.69, 9.17) is 4.74 Å². The Morgan fingerprint density at radius 3 is 2.77 bits per heavy atom. The van der Waals surface area contributed by atoms with Gasteiger partial charge in [0.15, 0.2) is 0 Å². The molecule has 1 aromatic carbocycles. The standard InChI is InChI=1S/C20H20N4O2/c1-15-12-24(13-18(26-15)16-5-3-2-4-6-16)20(25)17-7-8-22-19(11-17)23-10-9-21-14-23/h2-11,14-15,18H,12-13H2,1H3/t15-,18-/m1/s1. The van der Waals surface area contributed by atoms with Crippen molar-refractivity contribution < 1.29 is 9.53 Å². The van der Waals surface area contributed by atoms with Crippen LogP contribution < -0.4 is 0 Å². The molecule has 0 radical (unpaired) electrons. The fourth-order valence-corrected chi connectivity index (χ4v) is 3.24. The molecule has 1 aliphatic heterocycles. The summed E-state index contributed by atoms with van der Waals surface area (Å²) in [5, 5.41) is 0. The normalized spacial score (nSPS) is 20.1. The number of ether oxygens (including phenoxy) is 1. The highest BCUT2D eigenvalue weighted by Crippen LogP contribution is 2.26. The zero-order chi connectivity index (χ0) is 17.9. The number of imidazole rings is 1. The molecule has 6 heteroatoms. The van der Waals surface area contributed by atoms with Crippen molar-refractivity contribution in [2.45, 2.75) is 19.1 Å². The van der Waals surface area contributed by atoms with Crippen LogP contribution in [0.2, 0.25) is 0 Å². The van der Waals surface area contributed by atoms with Gasteiger partial charge in [0.1, 0.15) is 18.2 Å². The molecule has 3 aromatic rings. The number of rotatable bonds is 3. The quantitative estimate of drug-likeness (QED) is 0.730. The maximum atomic E-state index is 13.1. The van der Waals surface area contributed by atoms with Crippen LogP contribution in [-0.4, -0.2) is 44.5 Å². The molecule has 0 unspecified atom stereocenters. The topological polar surface area (TPSA) is 60.2 Å². The highest BCUT2D eigenvalue weighted by atomic mass is 16.5. The number of pyridine rings is 1. The molecule has 132 valence electrons. The van der Waals surface area contributed by atoms with Crippen molar-refractivity contribution in [3.8, 4) is 5.82 Å². The summed E-state index contributed by atoms with van der Waals surface area (Å²) < 4.78 is 7.84. The van der Waals surface area contributed by atoms with Crippen molar-refractivity contribution in [2.75, 3.05) is 13.1 Å². The average molecular weight is 348 g/mol. The lowest BCUT2D eigenvalue weighted by Gasteiger charge is -2.37. The first kappa shape index (κ1) is 16.5. The number of carbonyl (C=O) groups is 1. The molecule has 2 aromatic heterocycles. The van der Waals surface area contributed by atoms with Crippen LogP contribution in [0.5, 0.6) is 0 Å². The molecule has 2 atom stereocenters. The number of hydrogen-bond donors (Lipinski definition) is 0. The van der Waals surface area contributed by atoms with Crippen molar-refractivity contribution in [3.63, 3.8) is 0 Å². The minimum Gasteiger partial charge on any atom is -0.367 e. The summed E-state index contributed by atoms with van der Waals surface area (Å²) in [6.07, 6.45) is 6.68. The van der Waals surface area contributed by atoms with Gasteiger partial charge in [0.05, 0.1) is 12.6 Å². The van der Waals surface area contributed by atoms with Crippen LogP contribution in [0.1, 0.15) is 28.9 Å². The molecule has 6 nitrogen and oxygen atoms in total. The molecule has 1 amide bonds. The Hall–Kier alpha value is -2.99. The monoisotopic (exact) mass is 348 g/mol. The number of hydrogen-bond acceptors (Lipinski definition) is 4. The Balaban J connectivity index is 1.57. The lowest BCUT2D eigenvalue weighted by atomic mass is 10.1. The van der Waals surface area contributed by atoms with E-state index in [0.29, 0.717) is 24.5 Å². The van der Waals surface area contributed by atoms with Gasteiger partial charge in [-0.2, -0.15) is 0 Å². The molecule has 1 saturated heterocycles. The Morgan fingerprint density at radius 2 is 2.00 bits per heavy atom. The summed E-state index contributed by atoms with van der Waals surface area (Å²) in [7, 11) is 0. The van der Waals surface area contributed by atoms with Crippen molar-refractivity contribution in [1.29, 1.82) is 0 Å². The summed E-state index contributed by atoms with van der Waals surface area (Å²) in [6, 6.07) is 13.6. The van der Waals surface area contributed by atoms with Gasteiger partial charge in [-0.05, 0) is 24.6 Å². The van der Waals surface area contributed by atoms with E-state index < -0.39 is 0 Å². The smallest absolute Gasteiger partial charge is 0.254 e. The van der Waals surface area contributed by atoms with E-state index in [0.717, 1.165) is 5.56 Å². The van der Waals surface area contributed by atoms with Gasteiger partial charge in [-0.1, -0.05) is 30.3 Å². The van der Waals surface area contributed by atoms with Gasteiger partial charge in [0, 0.05) is 30.7 Å². The van der Waals surface area contributed by atoms with Gasteiger partial charge in [-0.15, -0.1) is 0 Å². The van der Waals surface area contributed by atoms with E-state index in [1.54, 1.807) is 41.6 Å². The number of nitrogens with zero attached hydrogens (tertiary/aromatic N) is 4. The van der Waals surface area contributed by atoms with Crippen molar-refractivity contribution >= 4 is 5.91 Å². The lowest BCUT2D eigenvalue weighted by molar-refractivity contribution is -0.0691. The summed E-state index contributed by atoms with van der Waals surface area (Å²) in [5.74, 6) is 0.666. The number of morpholine rings is 1. The second kappa shape index (κ2) is 7.09. The van der Waals surface area contributed by atoms with Crippen LogP contribution >= 0.6 is 0 Å². The first-order valence-corrected chi connectivity index (χ1v) is 8.65. The Bertz CT molecular complexity index is 880. The number of amides is 1. The Morgan fingerprint density at radius 1 is 1.15 bits per heavy atom. The van der Waals surface area contributed by atoms with Crippen LogP contribution in [0, 0.1) is 0 Å². The highest BCUT2D eigenvalue weighted by molar-refractivity contribution is 5.94. The highest BCUT2D eigenvalue weighted by Gasteiger charge is 2.30. The van der Waals surface area contributed by atoms with Crippen molar-refractivity contribution in [2.24, 2.45) is 0 Å². The minimum absolute atomic E-state index is 0.00940. The molecule has 1 aliphatic rings. The van der Waals surface area contributed by atoms with Crippen LogP contribution in [0.15, 0.2) is 67.4 Å². The third-order valence-electron chi connectivity index (χ3n) is 4.48. The van der Waals surface area contributed by atoms with Crippen molar-refractivity contribution in [1.82, 2.24) is 19.4 Å². The first-order chi connectivity index (χ1) is 12.7. The molecule has 0 spiro atoms. The number of carbonyl (C=O) groups excluding carboxylic acids is 1. The second-order valence-corrected chi connectivity index (χ2v) is 6.43. The lowest BCUT2D eigenvalue weighted by Crippen LogP contribution is -2.46.